The van der Waals surface area contributed by atoms with E-state index in [1.165, 1.54) is 0 Å². The molecule has 1 rings (SSSR count). The first-order valence-electron chi connectivity index (χ1n) is 5.32. The van der Waals surface area contributed by atoms with Crippen molar-refractivity contribution < 1.29 is 0 Å². The Kier molecular flexibility index (Phi) is 4.76. The number of nitrogens with one attached hydrogen (secondary N) is 1. The number of nitrogens with zero attached hydrogens (tertiary/aromatic N) is 1. The number of aromatic nitrogens is 2. The maximum atomic E-state index is 11.6. The Morgan fingerprint density at radius 1 is 1.47 bits per heavy atom. The fraction of sp³-hybridized carbons (Fsp3) is 0.636. The van der Waals surface area contributed by atoms with Crippen LogP contribution in [0, 0.1) is 9.49 Å². The van der Waals surface area contributed by atoms with Gasteiger partial charge in [0.15, 0.2) is 0 Å². The van der Waals surface area contributed by atoms with Crippen LogP contribution >= 0.6 is 22.6 Å². The zero-order valence-corrected chi connectivity index (χ0v) is 11.6. The molecule has 84 valence electrons. The van der Waals surface area contributed by atoms with Crippen molar-refractivity contribution in [1.29, 1.82) is 0 Å². The van der Waals surface area contributed by atoms with Gasteiger partial charge in [0.25, 0.3) is 5.56 Å². The maximum Gasteiger partial charge on any atom is 0.264 e. The molecule has 0 saturated carbocycles. The van der Waals surface area contributed by atoms with Crippen LogP contribution in [0.2, 0.25) is 0 Å². The summed E-state index contributed by atoms with van der Waals surface area (Å²) in [7, 11) is 0. The lowest BCUT2D eigenvalue weighted by molar-refractivity contribution is 0.624. The van der Waals surface area contributed by atoms with Crippen LogP contribution < -0.4 is 5.56 Å². The molecule has 0 unspecified atom stereocenters. The van der Waals surface area contributed by atoms with E-state index >= 15 is 0 Å². The summed E-state index contributed by atoms with van der Waals surface area (Å²) in [6.45, 7) is 6.36. The molecular weight excluding hydrogens is 303 g/mol. The Balaban J connectivity index is 3.07. The Bertz CT molecular complexity index is 385. The summed E-state index contributed by atoms with van der Waals surface area (Å²) < 4.78 is 0.737. The zero-order chi connectivity index (χ0) is 11.4. The standard InChI is InChI=1S/C11H17IN2O/c1-4-5-9-13-8(6-7(2)3)10(12)11(15)14-9/h7H,4-6H2,1-3H3,(H,13,14,15). The Hall–Kier alpha value is -0.390. The molecule has 0 aliphatic rings. The van der Waals surface area contributed by atoms with Gasteiger partial charge >= 0.3 is 0 Å². The van der Waals surface area contributed by atoms with Crippen molar-refractivity contribution in [2.45, 2.75) is 40.0 Å². The normalized spacial score (nSPS) is 11.0. The van der Waals surface area contributed by atoms with E-state index in [1.54, 1.807) is 0 Å². The number of aryl methyl sites for hydroxylation is 1. The molecule has 0 aliphatic carbocycles. The van der Waals surface area contributed by atoms with Gasteiger partial charge in [0.1, 0.15) is 5.82 Å². The molecule has 0 amide bonds. The first-order valence-corrected chi connectivity index (χ1v) is 6.40. The Morgan fingerprint density at radius 2 is 2.13 bits per heavy atom. The second-order valence-electron chi connectivity index (χ2n) is 4.12. The van der Waals surface area contributed by atoms with Gasteiger partial charge in [-0.2, -0.15) is 0 Å². The molecule has 1 aromatic rings. The third kappa shape index (κ3) is 3.59. The van der Waals surface area contributed by atoms with Crippen LogP contribution in [0.15, 0.2) is 4.79 Å². The van der Waals surface area contributed by atoms with Gasteiger partial charge < -0.3 is 4.98 Å². The molecule has 0 aromatic carbocycles. The van der Waals surface area contributed by atoms with Crippen molar-refractivity contribution in [3.8, 4) is 0 Å². The maximum absolute atomic E-state index is 11.6. The van der Waals surface area contributed by atoms with E-state index in [2.05, 4.69) is 53.3 Å². The van der Waals surface area contributed by atoms with Crippen molar-refractivity contribution in [3.63, 3.8) is 0 Å². The van der Waals surface area contributed by atoms with Crippen molar-refractivity contribution >= 4 is 22.6 Å². The third-order valence-corrected chi connectivity index (χ3v) is 3.18. The largest absolute Gasteiger partial charge is 0.310 e. The van der Waals surface area contributed by atoms with Gasteiger partial charge in [0.2, 0.25) is 0 Å². The smallest absolute Gasteiger partial charge is 0.264 e. The number of halogens is 1. The van der Waals surface area contributed by atoms with Crippen LogP contribution in [0.3, 0.4) is 0 Å². The molecule has 0 aliphatic heterocycles. The summed E-state index contributed by atoms with van der Waals surface area (Å²) in [6, 6.07) is 0. The van der Waals surface area contributed by atoms with Crippen LogP contribution in [0.1, 0.15) is 38.7 Å². The topological polar surface area (TPSA) is 45.8 Å². The van der Waals surface area contributed by atoms with E-state index in [0.717, 1.165) is 34.4 Å². The fourth-order valence-electron chi connectivity index (χ4n) is 1.43. The van der Waals surface area contributed by atoms with Gasteiger partial charge in [-0.05, 0) is 41.4 Å². The monoisotopic (exact) mass is 320 g/mol. The molecule has 0 spiro atoms. The average molecular weight is 320 g/mol. The molecule has 0 radical (unpaired) electrons. The van der Waals surface area contributed by atoms with Crippen molar-refractivity contribution in [1.82, 2.24) is 9.97 Å². The molecule has 15 heavy (non-hydrogen) atoms. The quantitative estimate of drug-likeness (QED) is 0.867. The number of hydrogen-bond acceptors (Lipinski definition) is 2. The highest BCUT2D eigenvalue weighted by Crippen LogP contribution is 2.10. The van der Waals surface area contributed by atoms with Crippen molar-refractivity contribution in [2.24, 2.45) is 5.92 Å². The minimum atomic E-state index is 0.00435. The molecule has 1 aromatic heterocycles. The number of aromatic amines is 1. The van der Waals surface area contributed by atoms with Crippen LogP contribution in [-0.4, -0.2) is 9.97 Å². The van der Waals surface area contributed by atoms with Crippen LogP contribution in [0.5, 0.6) is 0 Å². The van der Waals surface area contributed by atoms with Crippen molar-refractivity contribution in [2.75, 3.05) is 0 Å². The molecule has 4 heteroatoms. The molecule has 0 atom stereocenters. The van der Waals surface area contributed by atoms with E-state index in [0.29, 0.717) is 5.92 Å². The SMILES string of the molecule is CCCc1nc(CC(C)C)c(I)c(=O)[nH]1. The van der Waals surface area contributed by atoms with Gasteiger partial charge in [-0.3, -0.25) is 4.79 Å². The van der Waals surface area contributed by atoms with Gasteiger partial charge in [-0.25, -0.2) is 4.98 Å². The van der Waals surface area contributed by atoms with Gasteiger partial charge in [0.05, 0.1) is 9.26 Å². The molecule has 0 bridgehead atoms. The summed E-state index contributed by atoms with van der Waals surface area (Å²) in [4.78, 5) is 18.9. The van der Waals surface area contributed by atoms with E-state index in [-0.39, 0.29) is 5.56 Å². The number of rotatable bonds is 4. The number of hydrogen-bond donors (Lipinski definition) is 1. The minimum Gasteiger partial charge on any atom is -0.310 e. The highest BCUT2D eigenvalue weighted by Gasteiger charge is 2.09. The van der Waals surface area contributed by atoms with Gasteiger partial charge in [0, 0.05) is 6.42 Å². The summed E-state index contributed by atoms with van der Waals surface area (Å²) in [5.41, 5.74) is 0.947. The summed E-state index contributed by atoms with van der Waals surface area (Å²) >= 11 is 2.08. The molecule has 0 saturated heterocycles. The third-order valence-electron chi connectivity index (χ3n) is 2.07. The van der Waals surface area contributed by atoms with E-state index in [9.17, 15) is 4.79 Å². The van der Waals surface area contributed by atoms with Gasteiger partial charge in [-0.15, -0.1) is 0 Å². The van der Waals surface area contributed by atoms with Crippen LogP contribution in [-0.2, 0) is 12.8 Å². The lowest BCUT2D eigenvalue weighted by atomic mass is 10.1. The van der Waals surface area contributed by atoms with Crippen LogP contribution in [0.25, 0.3) is 0 Å². The average Bonchev–Trinajstić information content (AvgIpc) is 2.13. The molecule has 1 heterocycles. The van der Waals surface area contributed by atoms with E-state index in [4.69, 9.17) is 0 Å². The van der Waals surface area contributed by atoms with E-state index < -0.39 is 0 Å². The highest BCUT2D eigenvalue weighted by molar-refractivity contribution is 14.1. The molecule has 3 nitrogen and oxygen atoms in total. The molecule has 0 fully saturated rings. The second kappa shape index (κ2) is 5.63. The first-order chi connectivity index (χ1) is 7.04. The Labute approximate surface area is 104 Å². The van der Waals surface area contributed by atoms with Crippen molar-refractivity contribution in [3.05, 3.63) is 25.4 Å². The Morgan fingerprint density at radius 3 is 2.67 bits per heavy atom. The lowest BCUT2D eigenvalue weighted by Gasteiger charge is -2.08. The zero-order valence-electron chi connectivity index (χ0n) is 9.43. The fourth-order valence-corrected chi connectivity index (χ4v) is 1.91. The lowest BCUT2D eigenvalue weighted by Crippen LogP contribution is -2.19. The molecule has 1 N–H and O–H groups in total. The number of H-pyrrole nitrogens is 1. The summed E-state index contributed by atoms with van der Waals surface area (Å²) in [6.07, 6.45) is 2.72. The predicted molar refractivity (Wildman–Crippen MR) is 70.1 cm³/mol. The second-order valence-corrected chi connectivity index (χ2v) is 5.20. The minimum absolute atomic E-state index is 0.00435. The summed E-state index contributed by atoms with van der Waals surface area (Å²) in [5, 5.41) is 0. The van der Waals surface area contributed by atoms with E-state index in [1.807, 2.05) is 0 Å². The van der Waals surface area contributed by atoms with Gasteiger partial charge in [-0.1, -0.05) is 20.8 Å². The predicted octanol–water partition coefficient (Wildman–Crippen LogP) is 2.53. The van der Waals surface area contributed by atoms with Crippen LogP contribution in [0.4, 0.5) is 0 Å². The first kappa shape index (κ1) is 12.7. The molecular formula is C11H17IN2O. The summed E-state index contributed by atoms with van der Waals surface area (Å²) in [5.74, 6) is 1.35. The highest BCUT2D eigenvalue weighted by atomic mass is 127.